The van der Waals surface area contributed by atoms with Gasteiger partial charge in [-0.3, -0.25) is 9.80 Å². The summed E-state index contributed by atoms with van der Waals surface area (Å²) in [5, 5.41) is 0.254. The van der Waals surface area contributed by atoms with Gasteiger partial charge in [0, 0.05) is 38.9 Å². The van der Waals surface area contributed by atoms with Crippen molar-refractivity contribution in [3.05, 3.63) is 30.3 Å². The molecule has 0 radical (unpaired) electrons. The number of urea groups is 1. The first-order valence-electron chi connectivity index (χ1n) is 6.59. The van der Waals surface area contributed by atoms with Crippen LogP contribution in [-0.4, -0.2) is 54.4 Å². The van der Waals surface area contributed by atoms with Crippen LogP contribution in [0.4, 0.5) is 10.5 Å². The molecule has 1 fully saturated rings. The second kappa shape index (κ2) is 6.30. The second-order valence-electron chi connectivity index (χ2n) is 4.83. The number of carbonyl (C=O) groups is 1. The third kappa shape index (κ3) is 3.42. The maximum absolute atomic E-state index is 12.4. The Balaban J connectivity index is 1.94. The summed E-state index contributed by atoms with van der Waals surface area (Å²) in [6.07, 6.45) is 0. The quantitative estimate of drug-likeness (QED) is 0.840. The number of hydrogen-bond acceptors (Lipinski definition) is 3. The Labute approximate surface area is 120 Å². The number of piperazine rings is 1. The van der Waals surface area contributed by atoms with Gasteiger partial charge in [-0.1, -0.05) is 18.2 Å². The Hall–Kier alpha value is -1.20. The van der Waals surface area contributed by atoms with E-state index in [4.69, 9.17) is 0 Å². The van der Waals surface area contributed by atoms with Crippen molar-refractivity contribution in [2.24, 2.45) is 0 Å². The Bertz CT molecular complexity index is 416. The fraction of sp³-hybridized carbons (Fsp3) is 0.500. The summed E-state index contributed by atoms with van der Waals surface area (Å²) in [6.45, 7) is 5.37. The summed E-state index contributed by atoms with van der Waals surface area (Å²) in [5.41, 5.74) is 0.928. The van der Waals surface area contributed by atoms with Crippen LogP contribution in [0.2, 0.25) is 0 Å². The summed E-state index contributed by atoms with van der Waals surface area (Å²) in [5.74, 6) is 0. The van der Waals surface area contributed by atoms with Gasteiger partial charge in [0.05, 0.1) is 5.37 Å². The number of hydrogen-bond donors (Lipinski definition) is 1. The molecule has 2 amide bonds. The van der Waals surface area contributed by atoms with E-state index in [9.17, 15) is 4.79 Å². The van der Waals surface area contributed by atoms with Gasteiger partial charge in [0.1, 0.15) is 0 Å². The number of carbonyl (C=O) groups excluding carboxylic acids is 1. The van der Waals surface area contributed by atoms with Gasteiger partial charge in [-0.2, -0.15) is 12.6 Å². The minimum atomic E-state index is 0.0673. The Morgan fingerprint density at radius 1 is 1.21 bits per heavy atom. The molecule has 0 aliphatic carbocycles. The van der Waals surface area contributed by atoms with E-state index in [-0.39, 0.29) is 11.4 Å². The first-order valence-corrected chi connectivity index (χ1v) is 7.11. The summed E-state index contributed by atoms with van der Waals surface area (Å²) in [7, 11) is 1.82. The lowest BCUT2D eigenvalue weighted by atomic mass is 10.3. The molecule has 1 aromatic rings. The van der Waals surface area contributed by atoms with Crippen molar-refractivity contribution >= 4 is 24.3 Å². The smallest absolute Gasteiger partial charge is 0.322 e. The van der Waals surface area contributed by atoms with Crippen molar-refractivity contribution < 1.29 is 4.79 Å². The van der Waals surface area contributed by atoms with Crippen LogP contribution >= 0.6 is 12.6 Å². The molecule has 19 heavy (non-hydrogen) atoms. The Morgan fingerprint density at radius 3 is 2.32 bits per heavy atom. The third-order valence-corrected chi connectivity index (χ3v) is 3.87. The fourth-order valence-corrected chi connectivity index (χ4v) is 2.49. The van der Waals surface area contributed by atoms with Gasteiger partial charge >= 0.3 is 6.03 Å². The molecule has 4 nitrogen and oxygen atoms in total. The highest BCUT2D eigenvalue weighted by atomic mass is 32.1. The molecule has 1 heterocycles. The van der Waals surface area contributed by atoms with E-state index in [1.807, 2.05) is 42.3 Å². The van der Waals surface area contributed by atoms with Crippen LogP contribution in [0.15, 0.2) is 30.3 Å². The molecule has 0 spiro atoms. The second-order valence-corrected chi connectivity index (χ2v) is 5.58. The highest BCUT2D eigenvalue weighted by Gasteiger charge is 2.25. The molecule has 1 aliphatic rings. The van der Waals surface area contributed by atoms with Crippen LogP contribution in [0, 0.1) is 0 Å². The molecule has 104 valence electrons. The lowest BCUT2D eigenvalue weighted by Crippen LogP contribution is -2.53. The third-order valence-electron chi connectivity index (χ3n) is 3.54. The van der Waals surface area contributed by atoms with Gasteiger partial charge < -0.3 is 4.90 Å². The average Bonchev–Trinajstić information content (AvgIpc) is 2.46. The first-order chi connectivity index (χ1) is 9.09. The van der Waals surface area contributed by atoms with E-state index < -0.39 is 0 Å². The van der Waals surface area contributed by atoms with Crippen LogP contribution in [0.1, 0.15) is 6.92 Å². The van der Waals surface area contributed by atoms with Gasteiger partial charge in [0.2, 0.25) is 0 Å². The number of nitrogens with zero attached hydrogens (tertiary/aromatic N) is 3. The minimum Gasteiger partial charge on any atom is -0.322 e. The minimum absolute atomic E-state index is 0.0673. The molecular formula is C14H21N3OS. The normalized spacial score (nSPS) is 18.2. The van der Waals surface area contributed by atoms with Crippen LogP contribution in [-0.2, 0) is 0 Å². The molecule has 1 aliphatic heterocycles. The van der Waals surface area contributed by atoms with Crippen molar-refractivity contribution in [2.45, 2.75) is 12.3 Å². The van der Waals surface area contributed by atoms with Crippen molar-refractivity contribution in [3.8, 4) is 0 Å². The molecule has 2 rings (SSSR count). The van der Waals surface area contributed by atoms with Gasteiger partial charge in [0.25, 0.3) is 0 Å². The van der Waals surface area contributed by atoms with E-state index in [0.29, 0.717) is 0 Å². The summed E-state index contributed by atoms with van der Waals surface area (Å²) >= 11 is 4.43. The zero-order valence-corrected chi connectivity index (χ0v) is 12.4. The molecule has 1 aromatic carbocycles. The molecule has 0 aromatic heterocycles. The van der Waals surface area contributed by atoms with E-state index in [1.165, 1.54) is 0 Å². The predicted octanol–water partition coefficient (Wildman–Crippen LogP) is 2.14. The number of benzene rings is 1. The first kappa shape index (κ1) is 14.2. The number of anilines is 1. The monoisotopic (exact) mass is 279 g/mol. The molecule has 5 heteroatoms. The fourth-order valence-electron chi connectivity index (χ4n) is 2.26. The van der Waals surface area contributed by atoms with E-state index in [2.05, 4.69) is 24.5 Å². The standard InChI is InChI=1S/C14H21N3OS/c1-12(19)16-8-10-17(11-9-16)14(18)15(2)13-6-4-3-5-7-13/h3-7,12,19H,8-11H2,1-2H3. The summed E-state index contributed by atoms with van der Waals surface area (Å²) in [4.78, 5) is 18.3. The van der Waals surface area contributed by atoms with Crippen LogP contribution < -0.4 is 4.90 Å². The summed E-state index contributed by atoms with van der Waals surface area (Å²) in [6, 6.07) is 9.81. The van der Waals surface area contributed by atoms with Crippen LogP contribution in [0.25, 0.3) is 0 Å². The molecule has 1 unspecified atom stereocenters. The van der Waals surface area contributed by atoms with E-state index in [1.54, 1.807) is 4.90 Å². The van der Waals surface area contributed by atoms with Gasteiger partial charge in [-0.25, -0.2) is 4.79 Å². The Morgan fingerprint density at radius 2 is 1.79 bits per heavy atom. The van der Waals surface area contributed by atoms with Gasteiger partial charge in [-0.15, -0.1) is 0 Å². The molecule has 0 bridgehead atoms. The Kier molecular flexibility index (Phi) is 4.71. The largest absolute Gasteiger partial charge is 0.324 e. The van der Waals surface area contributed by atoms with E-state index in [0.717, 1.165) is 31.9 Å². The van der Waals surface area contributed by atoms with Crippen LogP contribution in [0.3, 0.4) is 0 Å². The highest BCUT2D eigenvalue weighted by Crippen LogP contribution is 2.15. The lowest BCUT2D eigenvalue weighted by Gasteiger charge is -2.38. The maximum Gasteiger partial charge on any atom is 0.324 e. The lowest BCUT2D eigenvalue weighted by molar-refractivity contribution is 0.141. The topological polar surface area (TPSA) is 26.8 Å². The van der Waals surface area contributed by atoms with Gasteiger partial charge in [-0.05, 0) is 19.1 Å². The van der Waals surface area contributed by atoms with Crippen molar-refractivity contribution in [2.75, 3.05) is 38.1 Å². The van der Waals surface area contributed by atoms with Gasteiger partial charge in [0.15, 0.2) is 0 Å². The number of amides is 2. The maximum atomic E-state index is 12.4. The molecule has 1 saturated heterocycles. The molecule has 0 N–H and O–H groups in total. The number of rotatable bonds is 2. The van der Waals surface area contributed by atoms with E-state index >= 15 is 0 Å². The predicted molar refractivity (Wildman–Crippen MR) is 81.8 cm³/mol. The van der Waals surface area contributed by atoms with Crippen molar-refractivity contribution in [3.63, 3.8) is 0 Å². The van der Waals surface area contributed by atoms with Crippen molar-refractivity contribution in [1.82, 2.24) is 9.80 Å². The molecule has 1 atom stereocenters. The SMILES string of the molecule is CC(S)N1CCN(C(=O)N(C)c2ccccc2)CC1. The molecular weight excluding hydrogens is 258 g/mol. The molecule has 0 saturated carbocycles. The number of thiol groups is 1. The zero-order valence-electron chi connectivity index (χ0n) is 11.5. The van der Waals surface area contributed by atoms with Crippen molar-refractivity contribution in [1.29, 1.82) is 0 Å². The zero-order chi connectivity index (χ0) is 13.8. The number of para-hydroxylation sites is 1. The average molecular weight is 279 g/mol. The summed E-state index contributed by atoms with van der Waals surface area (Å²) < 4.78 is 0. The van der Waals surface area contributed by atoms with Crippen LogP contribution in [0.5, 0.6) is 0 Å². The highest BCUT2D eigenvalue weighted by molar-refractivity contribution is 7.80.